The van der Waals surface area contributed by atoms with Crippen molar-refractivity contribution in [2.24, 2.45) is 10.9 Å². The summed E-state index contributed by atoms with van der Waals surface area (Å²) in [6.07, 6.45) is 3.66. The molecule has 0 aliphatic carbocycles. The van der Waals surface area contributed by atoms with Gasteiger partial charge < -0.3 is 19.9 Å². The smallest absolute Gasteiger partial charge is 0.225 e. The van der Waals surface area contributed by atoms with Crippen LogP contribution in [0.25, 0.3) is 0 Å². The number of carbonyl (C=O) groups is 1. The van der Waals surface area contributed by atoms with Crippen molar-refractivity contribution in [1.82, 2.24) is 20.1 Å². The van der Waals surface area contributed by atoms with Crippen LogP contribution in [0.1, 0.15) is 22.7 Å². The van der Waals surface area contributed by atoms with Crippen molar-refractivity contribution in [1.29, 1.82) is 0 Å². The Bertz CT molecular complexity index is 610. The summed E-state index contributed by atoms with van der Waals surface area (Å²) >= 11 is 1.70. The Labute approximate surface area is 176 Å². The van der Waals surface area contributed by atoms with Crippen molar-refractivity contribution in [3.63, 3.8) is 0 Å². The first-order valence-electron chi connectivity index (χ1n) is 8.91. The third kappa shape index (κ3) is 5.53. The highest BCUT2D eigenvalue weighted by atomic mass is 127. The largest absolute Gasteiger partial charge is 0.378 e. The number of nitrogens with zero attached hydrogens (tertiary/aromatic N) is 4. The van der Waals surface area contributed by atoms with Gasteiger partial charge in [0.2, 0.25) is 5.91 Å². The van der Waals surface area contributed by atoms with E-state index in [1.807, 2.05) is 11.1 Å². The van der Waals surface area contributed by atoms with Gasteiger partial charge in [-0.15, -0.1) is 35.3 Å². The Balaban J connectivity index is 0.00000243. The first kappa shape index (κ1) is 21.4. The summed E-state index contributed by atoms with van der Waals surface area (Å²) in [6, 6.07) is 0. The summed E-state index contributed by atoms with van der Waals surface area (Å²) < 4.78 is 5.33. The summed E-state index contributed by atoms with van der Waals surface area (Å²) in [7, 11) is 1.81. The van der Waals surface area contributed by atoms with Crippen LogP contribution in [0.5, 0.6) is 0 Å². The number of ether oxygens (including phenoxy) is 1. The summed E-state index contributed by atoms with van der Waals surface area (Å²) in [6.45, 7) is 7.26. The van der Waals surface area contributed by atoms with E-state index in [0.29, 0.717) is 25.7 Å². The van der Waals surface area contributed by atoms with Crippen LogP contribution in [0, 0.1) is 12.8 Å². The third-order valence-electron chi connectivity index (χ3n) is 4.75. The van der Waals surface area contributed by atoms with Gasteiger partial charge in [0.25, 0.3) is 0 Å². The number of aromatic nitrogens is 1. The molecule has 1 amide bonds. The number of halogens is 1. The molecule has 0 bridgehead atoms. The minimum Gasteiger partial charge on any atom is -0.378 e. The molecule has 1 aromatic rings. The molecule has 1 aromatic heterocycles. The second-order valence-electron chi connectivity index (χ2n) is 6.46. The van der Waals surface area contributed by atoms with Crippen molar-refractivity contribution < 1.29 is 9.53 Å². The number of aryl methyl sites for hydroxylation is 1. The number of aliphatic imine (C=N–C) groups is 1. The normalized spacial score (nSPS) is 19.2. The van der Waals surface area contributed by atoms with E-state index in [4.69, 9.17) is 4.74 Å². The number of thiazole rings is 1. The topological polar surface area (TPSA) is 70.1 Å². The lowest BCUT2D eigenvalue weighted by molar-refractivity contribution is -0.140. The number of carbonyl (C=O) groups excluding carboxylic acids is 1. The average molecular weight is 493 g/mol. The fourth-order valence-electron chi connectivity index (χ4n) is 3.35. The van der Waals surface area contributed by atoms with Crippen molar-refractivity contribution >= 4 is 47.2 Å². The maximum atomic E-state index is 12.6. The van der Waals surface area contributed by atoms with E-state index in [9.17, 15) is 4.79 Å². The number of hydrogen-bond donors (Lipinski definition) is 1. The fraction of sp³-hybridized carbons (Fsp3) is 0.706. The van der Waals surface area contributed by atoms with Crippen molar-refractivity contribution in [2.45, 2.75) is 26.3 Å². The second kappa shape index (κ2) is 10.4. The molecule has 9 heteroatoms. The van der Waals surface area contributed by atoms with Crippen LogP contribution in [-0.4, -0.2) is 73.1 Å². The average Bonchev–Trinajstić information content (AvgIpc) is 3.08. The molecule has 1 N–H and O–H groups in total. The molecule has 0 spiro atoms. The Morgan fingerprint density at radius 2 is 2.00 bits per heavy atom. The quantitative estimate of drug-likeness (QED) is 0.395. The first-order chi connectivity index (χ1) is 12.2. The number of rotatable bonds is 3. The van der Waals surface area contributed by atoms with Gasteiger partial charge in [0.15, 0.2) is 5.96 Å². The molecule has 0 saturated carbocycles. The Morgan fingerprint density at radius 3 is 2.58 bits per heavy atom. The maximum Gasteiger partial charge on any atom is 0.225 e. The molecule has 2 aliphatic heterocycles. The van der Waals surface area contributed by atoms with Crippen molar-refractivity contribution in [2.75, 3.05) is 46.4 Å². The Hall–Kier alpha value is -0.940. The summed E-state index contributed by atoms with van der Waals surface area (Å²) in [5.41, 5.74) is 0. The lowest BCUT2D eigenvalue weighted by Crippen LogP contribution is -2.49. The highest BCUT2D eigenvalue weighted by Gasteiger charge is 2.30. The maximum absolute atomic E-state index is 12.6. The molecule has 3 rings (SSSR count). The van der Waals surface area contributed by atoms with E-state index in [-0.39, 0.29) is 29.9 Å². The summed E-state index contributed by atoms with van der Waals surface area (Å²) in [4.78, 5) is 26.8. The van der Waals surface area contributed by atoms with Crippen LogP contribution in [-0.2, 0) is 16.1 Å². The SMILES string of the molecule is CN=C(NCc1ncc(C)s1)N1CCC(C(=O)N2CCOCC2)CC1.I. The number of hydrogen-bond acceptors (Lipinski definition) is 5. The molecule has 2 saturated heterocycles. The number of morpholine rings is 1. The minimum atomic E-state index is 0. The van der Waals surface area contributed by atoms with Crippen LogP contribution in [0.15, 0.2) is 11.2 Å². The molecule has 2 aliphatic rings. The van der Waals surface area contributed by atoms with E-state index >= 15 is 0 Å². The lowest BCUT2D eigenvalue weighted by atomic mass is 9.95. The second-order valence-corrected chi connectivity index (χ2v) is 7.78. The summed E-state index contributed by atoms with van der Waals surface area (Å²) in [5.74, 6) is 1.32. The number of piperidine rings is 1. The van der Waals surface area contributed by atoms with Gasteiger partial charge in [0.1, 0.15) is 5.01 Å². The molecule has 0 aromatic carbocycles. The van der Waals surface area contributed by atoms with E-state index in [0.717, 1.165) is 50.0 Å². The highest BCUT2D eigenvalue weighted by Crippen LogP contribution is 2.20. The Kier molecular flexibility index (Phi) is 8.55. The van der Waals surface area contributed by atoms with Crippen LogP contribution in [0.4, 0.5) is 0 Å². The monoisotopic (exact) mass is 493 g/mol. The molecule has 0 atom stereocenters. The summed E-state index contributed by atoms with van der Waals surface area (Å²) in [5, 5.41) is 4.45. The number of amides is 1. The van der Waals surface area contributed by atoms with Gasteiger partial charge in [-0.3, -0.25) is 9.79 Å². The van der Waals surface area contributed by atoms with Crippen LogP contribution < -0.4 is 5.32 Å². The van der Waals surface area contributed by atoms with E-state index in [2.05, 4.69) is 27.1 Å². The standard InChI is InChI=1S/C17H27N5O2S.HI/c1-13-11-19-15(25-13)12-20-17(18-2)22-5-3-14(4-6-22)16(23)21-7-9-24-10-8-21;/h11,14H,3-10,12H2,1-2H3,(H,18,20);1H. The van der Waals surface area contributed by atoms with Crippen molar-refractivity contribution in [3.8, 4) is 0 Å². The molecule has 7 nitrogen and oxygen atoms in total. The minimum absolute atomic E-state index is 0. The zero-order valence-corrected chi connectivity index (χ0v) is 18.6. The van der Waals surface area contributed by atoms with Gasteiger partial charge in [-0.05, 0) is 19.8 Å². The first-order valence-corrected chi connectivity index (χ1v) is 9.72. The predicted octanol–water partition coefficient (Wildman–Crippen LogP) is 1.72. The molecule has 0 unspecified atom stereocenters. The van der Waals surface area contributed by atoms with Gasteiger partial charge >= 0.3 is 0 Å². The predicted molar refractivity (Wildman–Crippen MR) is 114 cm³/mol. The molecular weight excluding hydrogens is 465 g/mol. The van der Waals surface area contributed by atoms with E-state index in [1.165, 1.54) is 4.88 Å². The van der Waals surface area contributed by atoms with Gasteiger partial charge in [0.05, 0.1) is 19.8 Å². The Morgan fingerprint density at radius 1 is 1.31 bits per heavy atom. The molecule has 146 valence electrons. The van der Waals surface area contributed by atoms with Crippen LogP contribution >= 0.6 is 35.3 Å². The molecule has 3 heterocycles. The van der Waals surface area contributed by atoms with Gasteiger partial charge in [0, 0.05) is 50.2 Å². The molecule has 26 heavy (non-hydrogen) atoms. The fourth-order valence-corrected chi connectivity index (χ4v) is 4.08. The van der Waals surface area contributed by atoms with E-state index < -0.39 is 0 Å². The van der Waals surface area contributed by atoms with Crippen LogP contribution in [0.3, 0.4) is 0 Å². The number of guanidine groups is 1. The van der Waals surface area contributed by atoms with Gasteiger partial charge in [-0.1, -0.05) is 0 Å². The highest BCUT2D eigenvalue weighted by molar-refractivity contribution is 14.0. The van der Waals surface area contributed by atoms with Crippen LogP contribution in [0.2, 0.25) is 0 Å². The zero-order chi connectivity index (χ0) is 17.6. The third-order valence-corrected chi connectivity index (χ3v) is 5.66. The van der Waals surface area contributed by atoms with Gasteiger partial charge in [-0.25, -0.2) is 4.98 Å². The zero-order valence-electron chi connectivity index (χ0n) is 15.4. The van der Waals surface area contributed by atoms with Crippen molar-refractivity contribution in [3.05, 3.63) is 16.1 Å². The van der Waals surface area contributed by atoms with Gasteiger partial charge in [-0.2, -0.15) is 0 Å². The number of nitrogens with one attached hydrogen (secondary N) is 1. The van der Waals surface area contributed by atoms with E-state index in [1.54, 1.807) is 18.4 Å². The molecule has 0 radical (unpaired) electrons. The molecular formula is C17H28IN5O2S. The lowest BCUT2D eigenvalue weighted by Gasteiger charge is -2.36. The number of likely N-dealkylation sites (tertiary alicyclic amines) is 1. The molecule has 2 fully saturated rings.